The monoisotopic (exact) mass is 246 g/mol. The predicted molar refractivity (Wildman–Crippen MR) is 71.9 cm³/mol. The Morgan fingerprint density at radius 3 is 2.67 bits per heavy atom. The lowest BCUT2D eigenvalue weighted by atomic mass is 10.1. The molecule has 0 unspecified atom stereocenters. The van der Waals surface area contributed by atoms with Gasteiger partial charge >= 0.3 is 0 Å². The van der Waals surface area contributed by atoms with Crippen molar-refractivity contribution in [2.45, 2.75) is 32.6 Å². The van der Waals surface area contributed by atoms with Crippen molar-refractivity contribution in [2.24, 2.45) is 10.7 Å². The number of carbonyl (C=O) groups is 2. The van der Waals surface area contributed by atoms with Crippen molar-refractivity contribution in [3.05, 3.63) is 35.4 Å². The van der Waals surface area contributed by atoms with E-state index >= 15 is 0 Å². The molecule has 1 rings (SSSR count). The summed E-state index contributed by atoms with van der Waals surface area (Å²) in [6.45, 7) is 2.12. The highest BCUT2D eigenvalue weighted by Gasteiger charge is 2.06. The summed E-state index contributed by atoms with van der Waals surface area (Å²) in [5.74, 6) is -0.883. The molecule has 0 saturated carbocycles. The third-order valence-corrected chi connectivity index (χ3v) is 2.54. The van der Waals surface area contributed by atoms with Gasteiger partial charge in [-0.2, -0.15) is 0 Å². The summed E-state index contributed by atoms with van der Waals surface area (Å²) in [6, 6.07) is 6.29. The third-order valence-electron chi connectivity index (χ3n) is 2.54. The highest BCUT2D eigenvalue weighted by Crippen LogP contribution is 2.06. The van der Waals surface area contributed by atoms with Crippen LogP contribution in [-0.4, -0.2) is 18.0 Å². The molecule has 1 aromatic rings. The van der Waals surface area contributed by atoms with E-state index in [9.17, 15) is 9.59 Å². The Kier molecular flexibility index (Phi) is 5.77. The number of nitrogens with zero attached hydrogens (tertiary/aromatic N) is 1. The summed E-state index contributed by atoms with van der Waals surface area (Å²) in [6.07, 6.45) is 5.75. The summed E-state index contributed by atoms with van der Waals surface area (Å²) in [7, 11) is 0. The number of carbonyl (C=O) groups excluding carboxylic acids is 2. The maximum Gasteiger partial charge on any atom is 0.276 e. The molecule has 0 aliphatic heterocycles. The summed E-state index contributed by atoms with van der Waals surface area (Å²) in [5.41, 5.74) is 5.86. The lowest BCUT2D eigenvalue weighted by Gasteiger charge is -1.98. The van der Waals surface area contributed by atoms with E-state index in [1.54, 1.807) is 24.4 Å². The Balaban J connectivity index is 2.61. The van der Waals surface area contributed by atoms with Crippen LogP contribution in [0.5, 0.6) is 0 Å². The van der Waals surface area contributed by atoms with Crippen LogP contribution in [0.4, 0.5) is 0 Å². The number of aliphatic imine (C=N–C) groups is 1. The number of nitrogens with two attached hydrogens (primary N) is 1. The third kappa shape index (κ3) is 4.49. The Labute approximate surface area is 107 Å². The largest absolute Gasteiger partial charge is 0.366 e. The van der Waals surface area contributed by atoms with Gasteiger partial charge in [0.05, 0.1) is 0 Å². The first-order valence-corrected chi connectivity index (χ1v) is 6.12. The molecule has 2 amide bonds. The Morgan fingerprint density at radius 2 is 2.00 bits per heavy atom. The molecule has 1 aromatic carbocycles. The van der Waals surface area contributed by atoms with E-state index in [4.69, 9.17) is 5.73 Å². The minimum atomic E-state index is -0.545. The molecule has 0 saturated heterocycles. The maximum atomic E-state index is 11.7. The Morgan fingerprint density at radius 1 is 1.28 bits per heavy atom. The zero-order valence-electron chi connectivity index (χ0n) is 10.6. The summed E-state index contributed by atoms with van der Waals surface area (Å²) < 4.78 is 0. The van der Waals surface area contributed by atoms with Gasteiger partial charge < -0.3 is 5.73 Å². The van der Waals surface area contributed by atoms with E-state index < -0.39 is 5.91 Å². The molecule has 0 radical (unpaired) electrons. The lowest BCUT2D eigenvalue weighted by molar-refractivity contribution is 0.0999. The second kappa shape index (κ2) is 7.37. The van der Waals surface area contributed by atoms with Gasteiger partial charge in [-0.3, -0.25) is 9.59 Å². The fourth-order valence-electron chi connectivity index (χ4n) is 1.51. The minimum Gasteiger partial charge on any atom is -0.366 e. The van der Waals surface area contributed by atoms with E-state index in [0.29, 0.717) is 11.1 Å². The second-order valence-electron chi connectivity index (χ2n) is 4.06. The number of hydrogen-bond donors (Lipinski definition) is 1. The van der Waals surface area contributed by atoms with Gasteiger partial charge in [0, 0.05) is 17.3 Å². The number of rotatable bonds is 6. The van der Waals surface area contributed by atoms with Crippen molar-refractivity contribution in [1.82, 2.24) is 0 Å². The standard InChI is InChI=1S/C14H18N2O2/c1-2-3-4-5-9-16-14(18)12-8-6-7-11(10-12)13(15)17/h6-10H,2-5H2,1H3,(H2,15,17). The fraction of sp³-hybridized carbons (Fsp3) is 0.357. The molecule has 0 spiro atoms. The number of amides is 2. The number of benzene rings is 1. The first-order chi connectivity index (χ1) is 8.65. The van der Waals surface area contributed by atoms with Gasteiger partial charge in [0.25, 0.3) is 5.91 Å². The molecule has 0 aromatic heterocycles. The first-order valence-electron chi connectivity index (χ1n) is 6.12. The van der Waals surface area contributed by atoms with Crippen LogP contribution >= 0.6 is 0 Å². The number of primary amides is 1. The maximum absolute atomic E-state index is 11.7. The molecule has 0 atom stereocenters. The van der Waals surface area contributed by atoms with Gasteiger partial charge in [-0.05, 0) is 31.0 Å². The zero-order valence-corrected chi connectivity index (χ0v) is 10.6. The van der Waals surface area contributed by atoms with E-state index in [-0.39, 0.29) is 5.91 Å². The molecule has 2 N–H and O–H groups in total. The molecule has 0 bridgehead atoms. The van der Waals surface area contributed by atoms with Crippen LogP contribution in [-0.2, 0) is 0 Å². The SMILES string of the molecule is CCCCCC=NC(=O)c1cccc(C(N)=O)c1. The summed E-state index contributed by atoms with van der Waals surface area (Å²) >= 11 is 0. The van der Waals surface area contributed by atoms with Crippen LogP contribution in [0.25, 0.3) is 0 Å². The van der Waals surface area contributed by atoms with E-state index in [1.165, 1.54) is 6.07 Å². The summed E-state index contributed by atoms with van der Waals surface area (Å²) in [5, 5.41) is 0. The van der Waals surface area contributed by atoms with Gasteiger partial charge in [-0.15, -0.1) is 0 Å². The topological polar surface area (TPSA) is 72.5 Å². The molecule has 18 heavy (non-hydrogen) atoms. The second-order valence-corrected chi connectivity index (χ2v) is 4.06. The fourth-order valence-corrected chi connectivity index (χ4v) is 1.51. The molecule has 0 aliphatic carbocycles. The number of unbranched alkanes of at least 4 members (excludes halogenated alkanes) is 3. The van der Waals surface area contributed by atoms with Crippen LogP contribution in [0.1, 0.15) is 53.3 Å². The van der Waals surface area contributed by atoms with E-state index in [1.807, 2.05) is 0 Å². The van der Waals surface area contributed by atoms with Crippen LogP contribution in [0.15, 0.2) is 29.3 Å². The summed E-state index contributed by atoms with van der Waals surface area (Å²) in [4.78, 5) is 26.5. The van der Waals surface area contributed by atoms with Crippen LogP contribution in [0.3, 0.4) is 0 Å². The van der Waals surface area contributed by atoms with Gasteiger partial charge in [0.15, 0.2) is 0 Å². The van der Waals surface area contributed by atoms with Crippen molar-refractivity contribution >= 4 is 18.0 Å². The molecule has 0 fully saturated rings. The normalized spacial score (nSPS) is 10.7. The smallest absolute Gasteiger partial charge is 0.276 e. The van der Waals surface area contributed by atoms with E-state index in [2.05, 4.69) is 11.9 Å². The highest BCUT2D eigenvalue weighted by atomic mass is 16.1. The quantitative estimate of drug-likeness (QED) is 0.619. The molecule has 4 heteroatoms. The molecule has 96 valence electrons. The van der Waals surface area contributed by atoms with Crippen molar-refractivity contribution in [2.75, 3.05) is 0 Å². The van der Waals surface area contributed by atoms with E-state index in [0.717, 1.165) is 25.7 Å². The van der Waals surface area contributed by atoms with Gasteiger partial charge in [0.2, 0.25) is 5.91 Å². The lowest BCUT2D eigenvalue weighted by Crippen LogP contribution is -2.11. The Hall–Kier alpha value is -1.97. The van der Waals surface area contributed by atoms with Gasteiger partial charge in [0.1, 0.15) is 0 Å². The van der Waals surface area contributed by atoms with Crippen molar-refractivity contribution in [3.63, 3.8) is 0 Å². The van der Waals surface area contributed by atoms with Crippen LogP contribution in [0.2, 0.25) is 0 Å². The minimum absolute atomic E-state index is 0.321. The van der Waals surface area contributed by atoms with Crippen LogP contribution < -0.4 is 5.73 Å². The Bertz CT molecular complexity index is 453. The first kappa shape index (κ1) is 14.1. The molecular weight excluding hydrogens is 228 g/mol. The zero-order chi connectivity index (χ0) is 13.4. The van der Waals surface area contributed by atoms with Gasteiger partial charge in [-0.1, -0.05) is 25.8 Å². The van der Waals surface area contributed by atoms with Crippen molar-refractivity contribution < 1.29 is 9.59 Å². The van der Waals surface area contributed by atoms with Crippen molar-refractivity contribution in [3.8, 4) is 0 Å². The average molecular weight is 246 g/mol. The van der Waals surface area contributed by atoms with Crippen LogP contribution in [0, 0.1) is 0 Å². The molecule has 0 heterocycles. The predicted octanol–water partition coefficient (Wildman–Crippen LogP) is 2.58. The van der Waals surface area contributed by atoms with Crippen molar-refractivity contribution in [1.29, 1.82) is 0 Å². The highest BCUT2D eigenvalue weighted by molar-refractivity contribution is 6.01. The molecule has 4 nitrogen and oxygen atoms in total. The number of hydrogen-bond acceptors (Lipinski definition) is 2. The average Bonchev–Trinajstić information content (AvgIpc) is 2.38. The molecular formula is C14H18N2O2. The molecule has 0 aliphatic rings. The van der Waals surface area contributed by atoms with Gasteiger partial charge in [-0.25, -0.2) is 4.99 Å².